The van der Waals surface area contributed by atoms with Crippen LogP contribution in [-0.4, -0.2) is 44.1 Å². The van der Waals surface area contributed by atoms with E-state index in [9.17, 15) is 9.18 Å². The zero-order valence-electron chi connectivity index (χ0n) is 18.9. The summed E-state index contributed by atoms with van der Waals surface area (Å²) in [5.74, 6) is 0.548. The Bertz CT molecular complexity index is 1320. The number of ether oxygens (including phenoxy) is 2. The van der Waals surface area contributed by atoms with Crippen LogP contribution in [0.25, 0.3) is 10.9 Å². The predicted octanol–water partition coefficient (Wildman–Crippen LogP) is 4.45. The summed E-state index contributed by atoms with van der Waals surface area (Å²) in [5.41, 5.74) is 0.927. The molecule has 35 heavy (non-hydrogen) atoms. The van der Waals surface area contributed by atoms with Gasteiger partial charge >= 0.3 is 0 Å². The van der Waals surface area contributed by atoms with Gasteiger partial charge in [0.2, 0.25) is 5.91 Å². The molecule has 1 saturated heterocycles. The van der Waals surface area contributed by atoms with Crippen LogP contribution in [-0.2, 0) is 22.7 Å². The molecule has 8 nitrogen and oxygen atoms in total. The van der Waals surface area contributed by atoms with Gasteiger partial charge in [0.1, 0.15) is 23.7 Å². The highest BCUT2D eigenvalue weighted by Crippen LogP contribution is 2.26. The van der Waals surface area contributed by atoms with E-state index in [4.69, 9.17) is 9.47 Å². The minimum absolute atomic E-state index is 0.0514. The molecule has 0 saturated carbocycles. The Kier molecular flexibility index (Phi) is 7.20. The molecule has 2 aromatic carbocycles. The van der Waals surface area contributed by atoms with Gasteiger partial charge in [0.15, 0.2) is 11.0 Å². The number of para-hydroxylation sites is 2. The monoisotopic (exact) mass is 493 g/mol. The first-order valence-electron chi connectivity index (χ1n) is 11.3. The third-order valence-corrected chi connectivity index (χ3v) is 6.60. The summed E-state index contributed by atoms with van der Waals surface area (Å²) in [6.45, 7) is 1.49. The molecule has 0 aliphatic carbocycles. The molecule has 180 valence electrons. The van der Waals surface area contributed by atoms with Gasteiger partial charge in [-0.15, -0.1) is 10.2 Å². The van der Waals surface area contributed by atoms with Crippen molar-refractivity contribution >= 4 is 34.3 Å². The number of halogens is 1. The first-order valence-corrected chi connectivity index (χ1v) is 12.3. The van der Waals surface area contributed by atoms with E-state index in [2.05, 4.69) is 20.5 Å². The molecule has 1 fully saturated rings. The van der Waals surface area contributed by atoms with Crippen LogP contribution in [0.15, 0.2) is 66.0 Å². The van der Waals surface area contributed by atoms with E-state index in [1.807, 2.05) is 34.9 Å². The number of hydrogen-bond acceptors (Lipinski definition) is 7. The second-order valence-corrected chi connectivity index (χ2v) is 9.02. The number of aromatic nitrogens is 4. The largest absolute Gasteiger partial charge is 0.483 e. The number of anilines is 1. The van der Waals surface area contributed by atoms with Crippen molar-refractivity contribution in [3.8, 4) is 5.75 Å². The van der Waals surface area contributed by atoms with Gasteiger partial charge < -0.3 is 19.4 Å². The zero-order valence-corrected chi connectivity index (χ0v) is 19.7. The van der Waals surface area contributed by atoms with Crippen molar-refractivity contribution in [1.29, 1.82) is 0 Å². The molecule has 2 aromatic heterocycles. The maximum absolute atomic E-state index is 13.8. The van der Waals surface area contributed by atoms with Crippen molar-refractivity contribution in [2.24, 2.45) is 0 Å². The van der Waals surface area contributed by atoms with Crippen molar-refractivity contribution in [2.45, 2.75) is 37.3 Å². The van der Waals surface area contributed by atoms with Gasteiger partial charge in [-0.3, -0.25) is 9.78 Å². The Balaban J connectivity index is 1.30. The van der Waals surface area contributed by atoms with E-state index in [1.54, 1.807) is 18.3 Å². The van der Waals surface area contributed by atoms with Gasteiger partial charge in [-0.05, 0) is 37.1 Å². The molecule has 10 heteroatoms. The summed E-state index contributed by atoms with van der Waals surface area (Å²) in [4.78, 5) is 16.9. The second-order valence-electron chi connectivity index (χ2n) is 8.08. The summed E-state index contributed by atoms with van der Waals surface area (Å²) in [7, 11) is 0. The van der Waals surface area contributed by atoms with E-state index < -0.39 is 5.82 Å². The number of carbonyl (C=O) groups excluding carboxylic acids is 1. The maximum atomic E-state index is 13.8. The first-order chi connectivity index (χ1) is 17.2. The highest BCUT2D eigenvalue weighted by atomic mass is 32.2. The van der Waals surface area contributed by atoms with Gasteiger partial charge in [0.25, 0.3) is 0 Å². The van der Waals surface area contributed by atoms with E-state index >= 15 is 0 Å². The van der Waals surface area contributed by atoms with Crippen molar-refractivity contribution in [3.63, 3.8) is 0 Å². The quantitative estimate of drug-likeness (QED) is 0.344. The van der Waals surface area contributed by atoms with Crippen LogP contribution in [0.4, 0.5) is 10.1 Å². The average molecular weight is 494 g/mol. The SMILES string of the molecule is O=C(CSc1nnc(COc2cccc3cccnc23)n1CC1CCCO1)Nc1ccccc1F. The highest BCUT2D eigenvalue weighted by Gasteiger charge is 2.22. The highest BCUT2D eigenvalue weighted by molar-refractivity contribution is 7.99. The minimum atomic E-state index is -0.477. The normalized spacial score (nSPS) is 15.4. The number of benzene rings is 2. The zero-order chi connectivity index (χ0) is 24.0. The lowest BCUT2D eigenvalue weighted by atomic mass is 10.2. The van der Waals surface area contributed by atoms with E-state index in [-0.39, 0.29) is 30.1 Å². The van der Waals surface area contributed by atoms with Crippen molar-refractivity contribution < 1.29 is 18.7 Å². The Morgan fingerprint density at radius 1 is 1.17 bits per heavy atom. The first kappa shape index (κ1) is 23.3. The third kappa shape index (κ3) is 5.60. The lowest BCUT2D eigenvalue weighted by Crippen LogP contribution is -2.20. The molecular formula is C25H24FN5O3S. The number of pyridine rings is 1. The van der Waals surface area contributed by atoms with Crippen molar-refractivity contribution in [1.82, 2.24) is 19.7 Å². The molecule has 1 atom stereocenters. The summed E-state index contributed by atoms with van der Waals surface area (Å²) in [6, 6.07) is 15.7. The fourth-order valence-electron chi connectivity index (χ4n) is 3.92. The molecule has 1 aliphatic heterocycles. The van der Waals surface area contributed by atoms with Crippen LogP contribution in [0.5, 0.6) is 5.75 Å². The molecule has 5 rings (SSSR count). The summed E-state index contributed by atoms with van der Waals surface area (Å²) in [5, 5.41) is 12.8. The molecule has 1 N–H and O–H groups in total. The standard InChI is InChI=1S/C25H24FN5O3S/c26-19-9-1-2-10-20(19)28-23(32)16-35-25-30-29-22(31(25)14-18-8-5-13-33-18)15-34-21-11-3-6-17-7-4-12-27-24(17)21/h1-4,6-7,9-12,18H,5,8,13-16H2,(H,28,32). The number of thioether (sulfide) groups is 1. The summed E-state index contributed by atoms with van der Waals surface area (Å²) < 4.78 is 27.7. The average Bonchev–Trinajstić information content (AvgIpc) is 3.53. The van der Waals surface area contributed by atoms with Crippen LogP contribution >= 0.6 is 11.8 Å². The molecule has 0 radical (unpaired) electrons. The Hall–Kier alpha value is -3.50. The lowest BCUT2D eigenvalue weighted by molar-refractivity contribution is -0.113. The van der Waals surface area contributed by atoms with Crippen LogP contribution in [0.2, 0.25) is 0 Å². The smallest absolute Gasteiger partial charge is 0.234 e. The van der Waals surface area contributed by atoms with Crippen LogP contribution in [0.1, 0.15) is 18.7 Å². The molecular weight excluding hydrogens is 469 g/mol. The predicted molar refractivity (Wildman–Crippen MR) is 131 cm³/mol. The number of nitrogens with one attached hydrogen (secondary N) is 1. The molecule has 4 aromatic rings. The lowest BCUT2D eigenvalue weighted by Gasteiger charge is -2.15. The van der Waals surface area contributed by atoms with E-state index in [1.165, 1.54) is 23.9 Å². The molecule has 1 amide bonds. The molecule has 1 unspecified atom stereocenters. The van der Waals surface area contributed by atoms with Gasteiger partial charge in [0, 0.05) is 18.2 Å². The van der Waals surface area contributed by atoms with Gasteiger partial charge in [-0.25, -0.2) is 4.39 Å². The number of fused-ring (bicyclic) bond motifs is 1. The number of amides is 1. The third-order valence-electron chi connectivity index (χ3n) is 5.64. The number of nitrogens with zero attached hydrogens (tertiary/aromatic N) is 4. The fraction of sp³-hybridized carbons (Fsp3) is 0.280. The van der Waals surface area contributed by atoms with E-state index in [0.29, 0.717) is 23.3 Å². The number of hydrogen-bond donors (Lipinski definition) is 1. The van der Waals surface area contributed by atoms with Crippen LogP contribution in [0, 0.1) is 5.82 Å². The van der Waals surface area contributed by atoms with Gasteiger partial charge in [-0.1, -0.05) is 42.1 Å². The van der Waals surface area contributed by atoms with E-state index in [0.717, 1.165) is 30.4 Å². The Labute approximate surface area is 205 Å². The second kappa shape index (κ2) is 10.8. The van der Waals surface area contributed by atoms with Crippen LogP contribution in [0.3, 0.4) is 0 Å². The molecule has 0 bridgehead atoms. The summed E-state index contributed by atoms with van der Waals surface area (Å²) >= 11 is 1.24. The Morgan fingerprint density at radius 3 is 2.91 bits per heavy atom. The van der Waals surface area contributed by atoms with Crippen molar-refractivity contribution in [3.05, 3.63) is 72.4 Å². The number of rotatable bonds is 9. The maximum Gasteiger partial charge on any atom is 0.234 e. The van der Waals surface area contributed by atoms with Crippen LogP contribution < -0.4 is 10.1 Å². The fourth-order valence-corrected chi connectivity index (χ4v) is 4.69. The van der Waals surface area contributed by atoms with Crippen molar-refractivity contribution in [2.75, 3.05) is 17.7 Å². The van der Waals surface area contributed by atoms with Gasteiger partial charge in [-0.2, -0.15) is 0 Å². The minimum Gasteiger partial charge on any atom is -0.483 e. The van der Waals surface area contributed by atoms with Gasteiger partial charge in [0.05, 0.1) is 24.1 Å². The summed E-state index contributed by atoms with van der Waals surface area (Å²) in [6.07, 6.45) is 3.74. The molecule has 1 aliphatic rings. The molecule has 0 spiro atoms. The molecule has 3 heterocycles. The topological polar surface area (TPSA) is 91.2 Å². The number of carbonyl (C=O) groups is 1. The Morgan fingerprint density at radius 2 is 2.06 bits per heavy atom.